The van der Waals surface area contributed by atoms with Crippen molar-refractivity contribution in [2.24, 2.45) is 11.8 Å². The minimum Gasteiger partial charge on any atom is -0.508 e. The van der Waals surface area contributed by atoms with Crippen molar-refractivity contribution in [3.05, 3.63) is 89.2 Å². The van der Waals surface area contributed by atoms with Gasteiger partial charge in [-0.1, -0.05) is 48.4 Å². The summed E-state index contributed by atoms with van der Waals surface area (Å²) in [5.41, 5.74) is 1.62. The summed E-state index contributed by atoms with van der Waals surface area (Å²) in [6.45, 7) is 2.68. The van der Waals surface area contributed by atoms with Crippen LogP contribution in [0.5, 0.6) is 17.2 Å². The van der Waals surface area contributed by atoms with E-state index in [1.165, 1.54) is 16.9 Å². The SMILES string of the molecule is CC(SOc1cccc(O)c1)C1CCC(C#CN2Cc3ccc(OCc4ccccc4)c(F)c3C2=O)CC1. The summed E-state index contributed by atoms with van der Waals surface area (Å²) in [4.78, 5) is 14.4. The fourth-order valence-corrected chi connectivity index (χ4v) is 5.72. The zero-order valence-corrected chi connectivity index (χ0v) is 22.0. The van der Waals surface area contributed by atoms with E-state index in [9.17, 15) is 9.90 Å². The number of hydrogen-bond donors (Lipinski definition) is 1. The van der Waals surface area contributed by atoms with Gasteiger partial charge in [0.1, 0.15) is 18.1 Å². The molecule has 5 nitrogen and oxygen atoms in total. The molecular weight excluding hydrogens is 501 g/mol. The molecule has 1 atom stereocenters. The number of benzene rings is 3. The lowest BCUT2D eigenvalue weighted by Gasteiger charge is -2.29. The second kappa shape index (κ2) is 11.8. The van der Waals surface area contributed by atoms with Crippen molar-refractivity contribution >= 4 is 17.9 Å². The molecule has 1 aliphatic carbocycles. The topological polar surface area (TPSA) is 59.0 Å². The average molecular weight is 532 g/mol. The van der Waals surface area contributed by atoms with Gasteiger partial charge < -0.3 is 14.0 Å². The van der Waals surface area contributed by atoms with Crippen LogP contribution in [0.25, 0.3) is 0 Å². The van der Waals surface area contributed by atoms with Gasteiger partial charge in [0.25, 0.3) is 5.91 Å². The standard InChI is InChI=1S/C31H30FNO4S/c1-21(38-37-27-9-5-8-26(34)18-27)24-12-10-22(11-13-24)16-17-33-19-25-14-15-28(30(32)29(25)31(33)35)36-20-23-6-3-2-4-7-23/h2-9,14-15,18,21-22,24,34H,10-13,19-20H2,1H3. The molecule has 5 rings (SSSR count). The van der Waals surface area contributed by atoms with Crippen LogP contribution >= 0.6 is 12.0 Å². The number of amides is 1. The van der Waals surface area contributed by atoms with Crippen LogP contribution in [-0.4, -0.2) is 21.2 Å². The van der Waals surface area contributed by atoms with Crippen LogP contribution in [0, 0.1) is 29.6 Å². The molecule has 1 N–H and O–H groups in total. The number of phenols is 1. The Morgan fingerprint density at radius 1 is 1.08 bits per heavy atom. The van der Waals surface area contributed by atoms with E-state index < -0.39 is 11.7 Å². The Morgan fingerprint density at radius 2 is 1.87 bits per heavy atom. The molecule has 1 saturated carbocycles. The molecule has 0 aromatic heterocycles. The highest BCUT2D eigenvalue weighted by Crippen LogP contribution is 2.36. The van der Waals surface area contributed by atoms with Gasteiger partial charge >= 0.3 is 0 Å². The number of ether oxygens (including phenoxy) is 1. The lowest BCUT2D eigenvalue weighted by atomic mass is 9.81. The van der Waals surface area contributed by atoms with Gasteiger partial charge in [-0.25, -0.2) is 4.39 Å². The number of hydrogen-bond acceptors (Lipinski definition) is 5. The largest absolute Gasteiger partial charge is 0.508 e. The van der Waals surface area contributed by atoms with E-state index in [0.717, 1.165) is 31.2 Å². The van der Waals surface area contributed by atoms with E-state index in [1.54, 1.807) is 30.3 Å². The molecule has 1 fully saturated rings. The number of halogens is 1. The molecule has 38 heavy (non-hydrogen) atoms. The van der Waals surface area contributed by atoms with Crippen molar-refractivity contribution in [3.63, 3.8) is 0 Å². The number of fused-ring (bicyclic) bond motifs is 1. The van der Waals surface area contributed by atoms with E-state index in [1.807, 2.05) is 36.4 Å². The molecule has 0 bridgehead atoms. The minimum atomic E-state index is -0.618. The van der Waals surface area contributed by atoms with Gasteiger partial charge in [0.2, 0.25) is 0 Å². The molecule has 196 valence electrons. The van der Waals surface area contributed by atoms with Crippen LogP contribution in [0.3, 0.4) is 0 Å². The maximum atomic E-state index is 15.2. The molecule has 1 unspecified atom stereocenters. The van der Waals surface area contributed by atoms with Gasteiger partial charge in [-0.2, -0.15) is 0 Å². The Kier molecular flexibility index (Phi) is 8.09. The summed E-state index contributed by atoms with van der Waals surface area (Å²) >= 11 is 1.43. The first-order valence-corrected chi connectivity index (χ1v) is 13.7. The van der Waals surface area contributed by atoms with E-state index in [2.05, 4.69) is 18.9 Å². The highest BCUT2D eigenvalue weighted by molar-refractivity contribution is 7.95. The normalized spacial score (nSPS) is 19.3. The Hall–Kier alpha value is -3.63. The Bertz CT molecular complexity index is 1340. The number of phenolic OH excluding ortho intramolecular Hbond substituents is 1. The maximum absolute atomic E-state index is 15.2. The predicted octanol–water partition coefficient (Wildman–Crippen LogP) is 6.95. The van der Waals surface area contributed by atoms with Crippen LogP contribution in [0.4, 0.5) is 4.39 Å². The summed E-state index contributed by atoms with van der Waals surface area (Å²) in [6.07, 6.45) is 3.97. The van der Waals surface area contributed by atoms with Crippen LogP contribution < -0.4 is 8.92 Å². The zero-order valence-electron chi connectivity index (χ0n) is 21.2. The number of aromatic hydroxyl groups is 1. The van der Waals surface area contributed by atoms with Gasteiger partial charge in [0.05, 0.1) is 24.2 Å². The molecule has 3 aromatic rings. The molecule has 2 aliphatic rings. The maximum Gasteiger partial charge on any atom is 0.269 e. The van der Waals surface area contributed by atoms with Crippen molar-refractivity contribution in [2.75, 3.05) is 0 Å². The number of nitrogens with zero attached hydrogens (tertiary/aromatic N) is 1. The van der Waals surface area contributed by atoms with Gasteiger partial charge in [0, 0.05) is 23.3 Å². The van der Waals surface area contributed by atoms with Crippen molar-refractivity contribution in [2.45, 2.75) is 51.0 Å². The van der Waals surface area contributed by atoms with E-state index >= 15 is 4.39 Å². The van der Waals surface area contributed by atoms with Crippen molar-refractivity contribution in [3.8, 4) is 29.2 Å². The Labute approximate surface area is 227 Å². The van der Waals surface area contributed by atoms with Gasteiger partial charge in [-0.3, -0.25) is 9.69 Å². The highest BCUT2D eigenvalue weighted by Gasteiger charge is 2.32. The predicted molar refractivity (Wildman–Crippen MR) is 146 cm³/mol. The smallest absolute Gasteiger partial charge is 0.269 e. The van der Waals surface area contributed by atoms with Crippen LogP contribution in [-0.2, 0) is 13.2 Å². The molecule has 1 amide bonds. The Balaban J connectivity index is 1.13. The summed E-state index contributed by atoms with van der Waals surface area (Å²) in [5.74, 6) is 3.88. The highest BCUT2D eigenvalue weighted by atomic mass is 32.2. The fraction of sp³-hybridized carbons (Fsp3) is 0.323. The van der Waals surface area contributed by atoms with Crippen LogP contribution in [0.15, 0.2) is 66.7 Å². The van der Waals surface area contributed by atoms with Crippen LogP contribution in [0.1, 0.15) is 54.1 Å². The lowest BCUT2D eigenvalue weighted by molar-refractivity contribution is 0.0849. The van der Waals surface area contributed by atoms with E-state index in [0.29, 0.717) is 22.5 Å². The third kappa shape index (κ3) is 6.08. The van der Waals surface area contributed by atoms with E-state index in [4.69, 9.17) is 8.92 Å². The molecule has 1 heterocycles. The van der Waals surface area contributed by atoms with Gasteiger partial charge in [0.15, 0.2) is 11.6 Å². The average Bonchev–Trinajstić information content (AvgIpc) is 3.27. The van der Waals surface area contributed by atoms with Crippen LogP contribution in [0.2, 0.25) is 0 Å². The summed E-state index contributed by atoms with van der Waals surface area (Å²) < 4.78 is 26.6. The molecule has 0 radical (unpaired) electrons. The molecule has 0 saturated heterocycles. The van der Waals surface area contributed by atoms with E-state index in [-0.39, 0.29) is 36.1 Å². The summed E-state index contributed by atoms with van der Waals surface area (Å²) in [6, 6.07) is 22.7. The molecule has 7 heteroatoms. The second-order valence-electron chi connectivity index (χ2n) is 9.83. The minimum absolute atomic E-state index is 0.0613. The first-order chi connectivity index (χ1) is 18.5. The first-order valence-electron chi connectivity index (χ1n) is 12.9. The molecular formula is C31H30FNO4S. The molecule has 0 spiro atoms. The number of carbonyl (C=O) groups is 1. The summed E-state index contributed by atoms with van der Waals surface area (Å²) in [7, 11) is 0. The number of rotatable bonds is 7. The van der Waals surface area contributed by atoms with Crippen molar-refractivity contribution in [1.82, 2.24) is 4.90 Å². The molecule has 1 aliphatic heterocycles. The second-order valence-corrected chi connectivity index (χ2v) is 10.9. The first kappa shape index (κ1) is 26.0. The van der Waals surface area contributed by atoms with Gasteiger partial charge in [-0.15, -0.1) is 0 Å². The van der Waals surface area contributed by atoms with Crippen molar-refractivity contribution < 1.29 is 23.2 Å². The number of carbonyl (C=O) groups excluding carboxylic acids is 1. The lowest BCUT2D eigenvalue weighted by Crippen LogP contribution is -2.22. The fourth-order valence-electron chi connectivity index (χ4n) is 4.92. The molecule has 3 aromatic carbocycles. The summed E-state index contributed by atoms with van der Waals surface area (Å²) in [5, 5.41) is 9.90. The van der Waals surface area contributed by atoms with Gasteiger partial charge in [-0.05, 0) is 67.9 Å². The third-order valence-corrected chi connectivity index (χ3v) is 8.15. The third-order valence-electron chi connectivity index (χ3n) is 7.17. The zero-order chi connectivity index (χ0) is 26.5. The Morgan fingerprint density at radius 3 is 2.63 bits per heavy atom. The quantitative estimate of drug-likeness (QED) is 0.264. The monoisotopic (exact) mass is 531 g/mol. The van der Waals surface area contributed by atoms with Crippen molar-refractivity contribution in [1.29, 1.82) is 0 Å².